The Morgan fingerprint density at radius 3 is 3.11 bits per heavy atom. The molecule has 1 aromatic heterocycles. The highest BCUT2D eigenvalue weighted by Crippen LogP contribution is 1.96. The Labute approximate surface area is 55.9 Å². The number of carbonyl (C=O) groups is 1. The molecule has 0 aliphatic rings. The summed E-state index contributed by atoms with van der Waals surface area (Å²) in [4.78, 5) is 10.1. The molecule has 0 bridgehead atoms. The molecule has 1 amide bonds. The molecule has 9 heavy (non-hydrogen) atoms. The molecule has 1 heterocycles. The van der Waals surface area contributed by atoms with Crippen LogP contribution < -0.4 is 5.73 Å². The normalized spacial score (nSPS) is 9.33. The van der Waals surface area contributed by atoms with Crippen molar-refractivity contribution in [2.45, 2.75) is 6.42 Å². The fourth-order valence-corrected chi connectivity index (χ4v) is 0.877. The van der Waals surface area contributed by atoms with Crippen LogP contribution in [0.5, 0.6) is 0 Å². The number of nitrogens with one attached hydrogen (secondary N) is 1. The van der Waals surface area contributed by atoms with Gasteiger partial charge in [0.1, 0.15) is 0 Å². The van der Waals surface area contributed by atoms with Gasteiger partial charge in [-0.25, -0.2) is 0 Å². The van der Waals surface area contributed by atoms with Crippen LogP contribution in [0.3, 0.4) is 0 Å². The average Bonchev–Trinajstić information content (AvgIpc) is 2.15. The van der Waals surface area contributed by atoms with Crippen LogP contribution in [0.15, 0.2) is 5.38 Å². The predicted octanol–water partition coefficient (Wildman–Crippen LogP) is -0.110. The molecule has 1 N–H and O–H groups in total. The maximum Gasteiger partial charge on any atom is 0.244 e. The van der Waals surface area contributed by atoms with Gasteiger partial charge < -0.3 is 0 Å². The fourth-order valence-electron chi connectivity index (χ4n) is 0.426. The van der Waals surface area contributed by atoms with E-state index in [1.165, 1.54) is 11.5 Å². The third-order valence-corrected chi connectivity index (χ3v) is 1.30. The molecule has 4 nitrogen and oxygen atoms in total. The zero-order chi connectivity index (χ0) is 6.69. The summed E-state index contributed by atoms with van der Waals surface area (Å²) in [7, 11) is 0. The lowest BCUT2D eigenvalue weighted by molar-refractivity contribution is -0.118. The lowest BCUT2D eigenvalue weighted by Crippen LogP contribution is -2.02. The topological polar surface area (TPSA) is 66.7 Å². The Bertz CT molecular complexity index is 196. The second-order valence-corrected chi connectivity index (χ2v) is 2.11. The predicted molar refractivity (Wildman–Crippen MR) is 31.7 cm³/mol. The number of nitrogens with zero attached hydrogens (tertiary/aromatic N) is 2. The van der Waals surface area contributed by atoms with Gasteiger partial charge in [0.2, 0.25) is 5.91 Å². The number of rotatable bonds is 2. The Kier molecular flexibility index (Phi) is 1.74. The zero-order valence-corrected chi connectivity index (χ0v) is 5.31. The molecule has 5 heteroatoms. The standard InChI is InChI=1S/C4H4N3OS/c5-4(8)1-3-2-9-7-6-3/h2,5H,1H2. The van der Waals surface area contributed by atoms with Crippen molar-refractivity contribution in [3.63, 3.8) is 0 Å². The highest BCUT2D eigenvalue weighted by atomic mass is 32.1. The van der Waals surface area contributed by atoms with Crippen LogP contribution >= 0.6 is 11.5 Å². The lowest BCUT2D eigenvalue weighted by Gasteiger charge is -1.82. The van der Waals surface area contributed by atoms with Crippen molar-refractivity contribution in [1.82, 2.24) is 15.3 Å². The largest absolute Gasteiger partial charge is 0.273 e. The molecule has 0 fully saturated rings. The highest BCUT2D eigenvalue weighted by Gasteiger charge is 1.99. The Morgan fingerprint density at radius 1 is 1.89 bits per heavy atom. The highest BCUT2D eigenvalue weighted by molar-refractivity contribution is 7.03. The minimum atomic E-state index is -0.623. The minimum absolute atomic E-state index is 0.0799. The molecule has 0 saturated heterocycles. The quantitative estimate of drug-likeness (QED) is 0.578. The van der Waals surface area contributed by atoms with Crippen molar-refractivity contribution in [3.8, 4) is 0 Å². The van der Waals surface area contributed by atoms with Crippen molar-refractivity contribution >= 4 is 17.4 Å². The van der Waals surface area contributed by atoms with Gasteiger partial charge in [0.25, 0.3) is 0 Å². The SMILES string of the molecule is [NH]C(=O)Cc1csnn1. The molecule has 0 atom stereocenters. The molecule has 1 aromatic rings. The molecule has 0 aliphatic carbocycles. The maximum absolute atomic E-state index is 10.1. The number of hydrogen-bond donors (Lipinski definition) is 0. The van der Waals surface area contributed by atoms with Gasteiger partial charge in [0.05, 0.1) is 12.1 Å². The van der Waals surface area contributed by atoms with Crippen molar-refractivity contribution in [2.75, 3.05) is 0 Å². The van der Waals surface area contributed by atoms with Gasteiger partial charge in [-0.2, -0.15) is 0 Å². The van der Waals surface area contributed by atoms with Gasteiger partial charge in [-0.15, -0.1) is 5.10 Å². The van der Waals surface area contributed by atoms with Crippen molar-refractivity contribution in [2.24, 2.45) is 0 Å². The maximum atomic E-state index is 10.1. The average molecular weight is 142 g/mol. The molecular weight excluding hydrogens is 138 g/mol. The van der Waals surface area contributed by atoms with E-state index in [0.717, 1.165) is 0 Å². The fraction of sp³-hybridized carbons (Fsp3) is 0.250. The van der Waals surface area contributed by atoms with Crippen molar-refractivity contribution in [1.29, 1.82) is 0 Å². The molecule has 1 rings (SSSR count). The summed E-state index contributed by atoms with van der Waals surface area (Å²) in [5, 5.41) is 5.24. The first-order valence-electron chi connectivity index (χ1n) is 2.29. The molecule has 0 aliphatic heterocycles. The van der Waals surface area contributed by atoms with E-state index < -0.39 is 5.91 Å². The molecule has 0 unspecified atom stereocenters. The second-order valence-electron chi connectivity index (χ2n) is 1.50. The van der Waals surface area contributed by atoms with Crippen LogP contribution in [0.1, 0.15) is 5.69 Å². The Morgan fingerprint density at radius 2 is 2.67 bits per heavy atom. The number of carbonyl (C=O) groups excluding carboxylic acids is 1. The number of hydrogen-bond acceptors (Lipinski definition) is 4. The Hall–Kier alpha value is -0.970. The number of amides is 1. The molecule has 0 spiro atoms. The first-order chi connectivity index (χ1) is 4.29. The summed E-state index contributed by atoms with van der Waals surface area (Å²) in [5.74, 6) is -0.623. The van der Waals surface area contributed by atoms with Gasteiger partial charge in [-0.05, 0) is 11.5 Å². The van der Waals surface area contributed by atoms with Gasteiger partial charge in [-0.1, -0.05) is 4.49 Å². The van der Waals surface area contributed by atoms with E-state index in [-0.39, 0.29) is 6.42 Å². The van der Waals surface area contributed by atoms with Gasteiger partial charge in [-0.3, -0.25) is 10.5 Å². The van der Waals surface area contributed by atoms with E-state index in [4.69, 9.17) is 5.73 Å². The van der Waals surface area contributed by atoms with E-state index in [2.05, 4.69) is 9.59 Å². The van der Waals surface area contributed by atoms with Crippen molar-refractivity contribution < 1.29 is 4.79 Å². The summed E-state index contributed by atoms with van der Waals surface area (Å²) in [6.07, 6.45) is 0.0799. The first-order valence-corrected chi connectivity index (χ1v) is 3.13. The third kappa shape index (κ3) is 1.77. The molecular formula is C4H4N3OS. The van der Waals surface area contributed by atoms with Crippen LogP contribution in [0.4, 0.5) is 0 Å². The Balaban J connectivity index is 2.58. The van der Waals surface area contributed by atoms with Crippen LogP contribution in [0.25, 0.3) is 0 Å². The van der Waals surface area contributed by atoms with E-state index in [9.17, 15) is 4.79 Å². The monoisotopic (exact) mass is 142 g/mol. The van der Waals surface area contributed by atoms with E-state index in [1.807, 2.05) is 0 Å². The van der Waals surface area contributed by atoms with E-state index in [1.54, 1.807) is 5.38 Å². The number of aromatic nitrogens is 2. The van der Waals surface area contributed by atoms with Gasteiger partial charge in [0, 0.05) is 5.38 Å². The van der Waals surface area contributed by atoms with Crippen molar-refractivity contribution in [3.05, 3.63) is 11.1 Å². The molecule has 0 aromatic carbocycles. The van der Waals surface area contributed by atoms with Gasteiger partial charge in [0.15, 0.2) is 0 Å². The molecule has 1 radical (unpaired) electrons. The van der Waals surface area contributed by atoms with Crippen LogP contribution in [-0.4, -0.2) is 15.5 Å². The zero-order valence-electron chi connectivity index (χ0n) is 4.50. The van der Waals surface area contributed by atoms with Crippen LogP contribution in [0.2, 0.25) is 0 Å². The smallest absolute Gasteiger partial charge is 0.244 e. The summed E-state index contributed by atoms with van der Waals surface area (Å²) in [6, 6.07) is 0. The second kappa shape index (κ2) is 2.54. The summed E-state index contributed by atoms with van der Waals surface area (Å²) in [6.45, 7) is 0. The first kappa shape index (κ1) is 6.15. The van der Waals surface area contributed by atoms with Crippen LogP contribution in [0, 0.1) is 0 Å². The van der Waals surface area contributed by atoms with E-state index in [0.29, 0.717) is 5.69 Å². The third-order valence-electron chi connectivity index (χ3n) is 0.747. The summed E-state index contributed by atoms with van der Waals surface area (Å²) < 4.78 is 3.53. The van der Waals surface area contributed by atoms with E-state index >= 15 is 0 Å². The molecule has 0 saturated carbocycles. The van der Waals surface area contributed by atoms with Gasteiger partial charge >= 0.3 is 0 Å². The molecule has 47 valence electrons. The summed E-state index contributed by atoms with van der Waals surface area (Å²) >= 11 is 1.18. The minimum Gasteiger partial charge on any atom is -0.273 e. The lowest BCUT2D eigenvalue weighted by atomic mass is 10.3. The van der Waals surface area contributed by atoms with Crippen LogP contribution in [-0.2, 0) is 11.2 Å². The summed E-state index contributed by atoms with van der Waals surface area (Å²) in [5.41, 5.74) is 7.14.